The summed E-state index contributed by atoms with van der Waals surface area (Å²) in [6.07, 6.45) is -0.0108. The summed E-state index contributed by atoms with van der Waals surface area (Å²) in [5, 5.41) is 2.99. The van der Waals surface area contributed by atoms with Crippen LogP contribution in [-0.2, 0) is 16.1 Å². The number of hydrogen-bond acceptors (Lipinski definition) is 5. The topological polar surface area (TPSA) is 73.8 Å². The Hall–Kier alpha value is -1.96. The van der Waals surface area contributed by atoms with Crippen molar-refractivity contribution in [1.29, 1.82) is 0 Å². The third kappa shape index (κ3) is 3.52. The first-order valence-corrected chi connectivity index (χ1v) is 8.33. The van der Waals surface area contributed by atoms with E-state index in [0.717, 1.165) is 15.6 Å². The van der Waals surface area contributed by atoms with Crippen LogP contribution in [0, 0.1) is 0 Å². The van der Waals surface area contributed by atoms with Gasteiger partial charge in [0, 0.05) is 32.4 Å². The van der Waals surface area contributed by atoms with Crippen LogP contribution in [0.15, 0.2) is 5.38 Å². The van der Waals surface area contributed by atoms with Crippen molar-refractivity contribution in [3.05, 3.63) is 16.1 Å². The van der Waals surface area contributed by atoms with Crippen LogP contribution in [0.2, 0.25) is 0 Å². The maximum atomic E-state index is 12.3. The molecular formula is C15H22N4O3S. The summed E-state index contributed by atoms with van der Waals surface area (Å²) in [4.78, 5) is 44.5. The van der Waals surface area contributed by atoms with Gasteiger partial charge >= 0.3 is 6.03 Å². The second-order valence-corrected chi connectivity index (χ2v) is 6.98. The number of hydrogen-bond donors (Lipinski definition) is 0. The molecule has 1 aliphatic heterocycles. The number of carbonyl (C=O) groups is 3. The van der Waals surface area contributed by atoms with Gasteiger partial charge in [-0.1, -0.05) is 13.8 Å². The van der Waals surface area contributed by atoms with E-state index in [0.29, 0.717) is 12.5 Å². The van der Waals surface area contributed by atoms with Crippen LogP contribution in [-0.4, -0.2) is 64.7 Å². The van der Waals surface area contributed by atoms with Gasteiger partial charge in [-0.05, 0) is 0 Å². The number of aromatic nitrogens is 1. The quantitative estimate of drug-likeness (QED) is 0.763. The highest BCUT2D eigenvalue weighted by molar-refractivity contribution is 7.09. The van der Waals surface area contributed by atoms with Crippen molar-refractivity contribution in [1.82, 2.24) is 19.7 Å². The molecule has 0 N–H and O–H groups in total. The Labute approximate surface area is 139 Å². The van der Waals surface area contributed by atoms with Gasteiger partial charge in [0.2, 0.25) is 5.91 Å². The molecule has 4 amide bonds. The van der Waals surface area contributed by atoms with Crippen molar-refractivity contribution in [3.63, 3.8) is 0 Å². The van der Waals surface area contributed by atoms with Gasteiger partial charge in [0.1, 0.15) is 6.04 Å². The number of thiazole rings is 1. The second-order valence-electron chi connectivity index (χ2n) is 6.09. The maximum absolute atomic E-state index is 12.3. The van der Waals surface area contributed by atoms with Crippen molar-refractivity contribution in [2.24, 2.45) is 0 Å². The molecule has 0 saturated carbocycles. The Morgan fingerprint density at radius 1 is 1.39 bits per heavy atom. The summed E-state index contributed by atoms with van der Waals surface area (Å²) < 4.78 is 0. The number of nitrogens with zero attached hydrogens (tertiary/aromatic N) is 4. The van der Waals surface area contributed by atoms with E-state index < -0.39 is 6.04 Å². The molecule has 2 rings (SSSR count). The minimum atomic E-state index is -0.718. The van der Waals surface area contributed by atoms with Gasteiger partial charge in [-0.3, -0.25) is 14.5 Å². The van der Waals surface area contributed by atoms with Crippen LogP contribution in [0.3, 0.4) is 0 Å². The molecular weight excluding hydrogens is 316 g/mol. The molecule has 1 fully saturated rings. The van der Waals surface area contributed by atoms with Crippen molar-refractivity contribution < 1.29 is 14.4 Å². The van der Waals surface area contributed by atoms with Gasteiger partial charge in [-0.15, -0.1) is 11.3 Å². The highest BCUT2D eigenvalue weighted by atomic mass is 32.1. The highest BCUT2D eigenvalue weighted by Gasteiger charge is 2.42. The SMILES string of the molecule is CC(C)c1nc(CN(C)C(=O)C[C@H]2C(=O)N(C)C(=O)N2C)cs1. The lowest BCUT2D eigenvalue weighted by molar-refractivity contribution is -0.135. The molecule has 7 nitrogen and oxygen atoms in total. The highest BCUT2D eigenvalue weighted by Crippen LogP contribution is 2.21. The van der Waals surface area contributed by atoms with Gasteiger partial charge in [0.15, 0.2) is 0 Å². The molecule has 0 unspecified atom stereocenters. The molecule has 0 aromatic carbocycles. The van der Waals surface area contributed by atoms with Gasteiger partial charge in [-0.2, -0.15) is 0 Å². The zero-order valence-electron chi connectivity index (χ0n) is 14.1. The molecule has 1 atom stereocenters. The first-order chi connectivity index (χ1) is 10.7. The minimum Gasteiger partial charge on any atom is -0.340 e. The van der Waals surface area contributed by atoms with Gasteiger partial charge in [0.05, 0.1) is 23.7 Å². The average molecular weight is 338 g/mol. The predicted octanol–water partition coefficient (Wildman–Crippen LogP) is 1.51. The first kappa shape index (κ1) is 17.4. The molecule has 0 radical (unpaired) electrons. The van der Waals surface area contributed by atoms with Crippen LogP contribution >= 0.6 is 11.3 Å². The zero-order chi connectivity index (χ0) is 17.3. The standard InChI is InChI=1S/C15H22N4O3S/c1-9(2)13-16-10(8-23-13)7-17(3)12(20)6-11-14(21)19(5)15(22)18(11)4/h8-9,11H,6-7H2,1-5H3/t11-/m0/s1. The normalized spacial score (nSPS) is 18.3. The van der Waals surface area contributed by atoms with E-state index >= 15 is 0 Å². The molecule has 1 saturated heterocycles. The third-order valence-electron chi connectivity index (χ3n) is 3.93. The second kappa shape index (κ2) is 6.66. The van der Waals surface area contributed by atoms with E-state index in [1.165, 1.54) is 19.0 Å². The number of rotatable bonds is 5. The molecule has 0 bridgehead atoms. The van der Waals surface area contributed by atoms with E-state index in [1.807, 2.05) is 5.38 Å². The molecule has 23 heavy (non-hydrogen) atoms. The van der Waals surface area contributed by atoms with Gasteiger partial charge in [-0.25, -0.2) is 9.78 Å². The Kier molecular flexibility index (Phi) is 5.03. The summed E-state index contributed by atoms with van der Waals surface area (Å²) in [5.74, 6) is -0.159. The van der Waals surface area contributed by atoms with Gasteiger partial charge < -0.3 is 9.80 Å². The summed E-state index contributed by atoms with van der Waals surface area (Å²) in [6, 6.07) is -1.10. The summed E-state index contributed by atoms with van der Waals surface area (Å²) in [5.41, 5.74) is 0.842. The Bertz CT molecular complexity index is 628. The van der Waals surface area contributed by atoms with E-state index in [1.54, 1.807) is 23.3 Å². The lowest BCUT2D eigenvalue weighted by atomic mass is 10.1. The Balaban J connectivity index is 1.97. The van der Waals surface area contributed by atoms with E-state index in [4.69, 9.17) is 0 Å². The molecule has 8 heteroatoms. The summed E-state index contributed by atoms with van der Waals surface area (Å²) >= 11 is 1.58. The van der Waals surface area contributed by atoms with Crippen molar-refractivity contribution >= 4 is 29.2 Å². The average Bonchev–Trinajstić information content (AvgIpc) is 3.03. The van der Waals surface area contributed by atoms with E-state index in [9.17, 15) is 14.4 Å². The number of urea groups is 1. The predicted molar refractivity (Wildman–Crippen MR) is 87.0 cm³/mol. The number of likely N-dealkylation sites (N-methyl/N-ethyl adjacent to an activating group) is 2. The fourth-order valence-electron chi connectivity index (χ4n) is 2.39. The van der Waals surface area contributed by atoms with E-state index in [2.05, 4.69) is 18.8 Å². The fraction of sp³-hybridized carbons (Fsp3) is 0.600. The monoisotopic (exact) mass is 338 g/mol. The summed E-state index contributed by atoms with van der Waals surface area (Å²) in [7, 11) is 4.65. The summed E-state index contributed by atoms with van der Waals surface area (Å²) in [6.45, 7) is 4.55. The maximum Gasteiger partial charge on any atom is 0.326 e. The molecule has 1 aromatic rings. The number of amides is 4. The molecule has 126 valence electrons. The van der Waals surface area contributed by atoms with Gasteiger partial charge in [0.25, 0.3) is 5.91 Å². The molecule has 0 spiro atoms. The van der Waals surface area contributed by atoms with Crippen LogP contribution in [0.4, 0.5) is 4.79 Å². The lowest BCUT2D eigenvalue weighted by Crippen LogP contribution is -2.38. The van der Waals surface area contributed by atoms with Crippen molar-refractivity contribution in [2.45, 2.75) is 38.8 Å². The molecule has 1 aromatic heterocycles. The Morgan fingerprint density at radius 2 is 2.04 bits per heavy atom. The largest absolute Gasteiger partial charge is 0.340 e. The number of imide groups is 1. The smallest absolute Gasteiger partial charge is 0.326 e. The minimum absolute atomic E-state index is 0.0108. The van der Waals surface area contributed by atoms with Crippen LogP contribution in [0.25, 0.3) is 0 Å². The Morgan fingerprint density at radius 3 is 2.52 bits per heavy atom. The van der Waals surface area contributed by atoms with E-state index in [-0.39, 0.29) is 24.3 Å². The lowest BCUT2D eigenvalue weighted by Gasteiger charge is -2.20. The van der Waals surface area contributed by atoms with Crippen LogP contribution in [0.1, 0.15) is 36.9 Å². The van der Waals surface area contributed by atoms with Crippen molar-refractivity contribution in [2.75, 3.05) is 21.1 Å². The molecule has 0 aliphatic carbocycles. The first-order valence-electron chi connectivity index (χ1n) is 7.45. The van der Waals surface area contributed by atoms with Crippen molar-refractivity contribution in [3.8, 4) is 0 Å². The number of carbonyl (C=O) groups excluding carboxylic acids is 3. The van der Waals surface area contributed by atoms with Crippen LogP contribution in [0.5, 0.6) is 0 Å². The fourth-order valence-corrected chi connectivity index (χ4v) is 3.22. The van der Waals surface area contributed by atoms with Crippen LogP contribution < -0.4 is 0 Å². The molecule has 2 heterocycles. The molecule has 1 aliphatic rings. The zero-order valence-corrected chi connectivity index (χ0v) is 14.9. The third-order valence-corrected chi connectivity index (χ3v) is 5.12.